The average Bonchev–Trinajstić information content (AvgIpc) is 2.44. The number of aromatic nitrogens is 2. The van der Waals surface area contributed by atoms with Crippen LogP contribution in [0.3, 0.4) is 0 Å². The van der Waals surface area contributed by atoms with Gasteiger partial charge in [0.05, 0.1) is 18.1 Å². The van der Waals surface area contributed by atoms with Crippen LogP contribution in [0.2, 0.25) is 0 Å². The van der Waals surface area contributed by atoms with Gasteiger partial charge in [0.15, 0.2) is 0 Å². The molecule has 2 rings (SSSR count). The van der Waals surface area contributed by atoms with Gasteiger partial charge in [-0.15, -0.1) is 0 Å². The molecule has 106 valence electrons. The van der Waals surface area contributed by atoms with E-state index in [2.05, 4.69) is 38.1 Å². The van der Waals surface area contributed by atoms with Crippen LogP contribution in [0.15, 0.2) is 34.9 Å². The topological polar surface area (TPSA) is 73.1 Å². The summed E-state index contributed by atoms with van der Waals surface area (Å²) in [5, 5.41) is 3.36. The minimum atomic E-state index is 0.169. The largest absolute Gasteiger partial charge is 0.496 e. The summed E-state index contributed by atoms with van der Waals surface area (Å²) in [5.74, 6) is 1.99. The third-order valence-electron chi connectivity index (χ3n) is 2.97. The zero-order valence-corrected chi connectivity index (χ0v) is 13.0. The summed E-state index contributed by atoms with van der Waals surface area (Å²) < 4.78 is 6.16. The van der Waals surface area contributed by atoms with Crippen LogP contribution in [0.1, 0.15) is 24.4 Å². The molecule has 0 fully saturated rings. The Balaban J connectivity index is 2.01. The van der Waals surface area contributed by atoms with Crippen molar-refractivity contribution in [2.24, 2.45) is 0 Å². The van der Waals surface area contributed by atoms with Crippen LogP contribution >= 0.6 is 15.9 Å². The number of hydrogen-bond acceptors (Lipinski definition) is 5. The van der Waals surface area contributed by atoms with Crippen molar-refractivity contribution in [2.75, 3.05) is 12.8 Å². The van der Waals surface area contributed by atoms with Gasteiger partial charge < -0.3 is 15.8 Å². The summed E-state index contributed by atoms with van der Waals surface area (Å²) in [6.45, 7) is 2.65. The molecule has 0 saturated heterocycles. The van der Waals surface area contributed by atoms with E-state index < -0.39 is 0 Å². The summed E-state index contributed by atoms with van der Waals surface area (Å²) in [6.07, 6.45) is 1.66. The first kappa shape index (κ1) is 14.7. The number of hydrogen-bond donors (Lipinski definition) is 2. The Morgan fingerprint density at radius 2 is 2.20 bits per heavy atom. The van der Waals surface area contributed by atoms with Crippen LogP contribution in [0, 0.1) is 0 Å². The first-order valence-electron chi connectivity index (χ1n) is 6.24. The second-order valence-electron chi connectivity index (χ2n) is 4.39. The summed E-state index contributed by atoms with van der Waals surface area (Å²) in [4.78, 5) is 8.33. The fourth-order valence-electron chi connectivity index (χ4n) is 1.81. The van der Waals surface area contributed by atoms with Gasteiger partial charge in [-0.1, -0.05) is 6.07 Å². The molecular formula is C14H17BrN4O. The predicted molar refractivity (Wildman–Crippen MR) is 82.4 cm³/mol. The standard InChI is InChI=1S/C14H17BrN4O/c1-9(10-3-4-12(20-2)11(15)7-10)18-8-14-17-6-5-13(16)19-14/h3-7,9,18H,8H2,1-2H3,(H2,16,17,19)/t9-/m0/s1. The molecule has 0 aliphatic heterocycles. The molecule has 0 saturated carbocycles. The minimum absolute atomic E-state index is 0.169. The number of nitrogens with one attached hydrogen (secondary N) is 1. The number of nitrogen functional groups attached to an aromatic ring is 1. The molecule has 3 N–H and O–H groups in total. The van der Waals surface area contributed by atoms with Gasteiger partial charge in [-0.05, 0) is 46.6 Å². The molecular weight excluding hydrogens is 320 g/mol. The van der Waals surface area contributed by atoms with Crippen LogP contribution < -0.4 is 15.8 Å². The van der Waals surface area contributed by atoms with Crippen molar-refractivity contribution >= 4 is 21.7 Å². The van der Waals surface area contributed by atoms with Crippen molar-refractivity contribution in [1.82, 2.24) is 15.3 Å². The highest BCUT2D eigenvalue weighted by atomic mass is 79.9. The fraction of sp³-hybridized carbons (Fsp3) is 0.286. The Labute approximate surface area is 126 Å². The van der Waals surface area contributed by atoms with Crippen molar-refractivity contribution < 1.29 is 4.74 Å². The Bertz CT molecular complexity index is 591. The molecule has 0 aliphatic carbocycles. The van der Waals surface area contributed by atoms with E-state index in [9.17, 15) is 0 Å². The van der Waals surface area contributed by atoms with Gasteiger partial charge in [-0.2, -0.15) is 0 Å². The third kappa shape index (κ3) is 3.68. The van der Waals surface area contributed by atoms with Crippen molar-refractivity contribution in [3.63, 3.8) is 0 Å². The number of nitrogens with zero attached hydrogens (tertiary/aromatic N) is 2. The Hall–Kier alpha value is -1.66. The molecule has 1 aromatic heterocycles. The number of ether oxygens (including phenoxy) is 1. The van der Waals surface area contributed by atoms with Crippen LogP contribution in [0.4, 0.5) is 5.82 Å². The zero-order chi connectivity index (χ0) is 14.5. The molecule has 0 aliphatic rings. The molecule has 2 aromatic rings. The van der Waals surface area contributed by atoms with E-state index in [1.54, 1.807) is 19.4 Å². The summed E-state index contributed by atoms with van der Waals surface area (Å²) in [6, 6.07) is 7.85. The lowest BCUT2D eigenvalue weighted by molar-refractivity contribution is 0.411. The van der Waals surface area contributed by atoms with Gasteiger partial charge in [0.2, 0.25) is 0 Å². The summed E-state index contributed by atoms with van der Waals surface area (Å²) >= 11 is 3.49. The molecule has 0 bridgehead atoms. The number of rotatable bonds is 5. The van der Waals surface area contributed by atoms with E-state index in [0.29, 0.717) is 18.2 Å². The maximum absolute atomic E-state index is 5.63. The van der Waals surface area contributed by atoms with Crippen molar-refractivity contribution in [3.8, 4) is 5.75 Å². The molecule has 1 atom stereocenters. The van der Waals surface area contributed by atoms with E-state index >= 15 is 0 Å². The van der Waals surface area contributed by atoms with Crippen molar-refractivity contribution in [3.05, 3.63) is 46.3 Å². The number of benzene rings is 1. The molecule has 0 radical (unpaired) electrons. The Morgan fingerprint density at radius 3 is 2.85 bits per heavy atom. The van der Waals surface area contributed by atoms with Gasteiger partial charge in [0.1, 0.15) is 17.4 Å². The van der Waals surface area contributed by atoms with Gasteiger partial charge in [-0.25, -0.2) is 9.97 Å². The number of nitrogens with two attached hydrogens (primary N) is 1. The van der Waals surface area contributed by atoms with Crippen LogP contribution in [-0.2, 0) is 6.54 Å². The quantitative estimate of drug-likeness (QED) is 0.878. The second kappa shape index (κ2) is 6.67. The second-order valence-corrected chi connectivity index (χ2v) is 5.25. The van der Waals surface area contributed by atoms with Crippen LogP contribution in [-0.4, -0.2) is 17.1 Å². The Morgan fingerprint density at radius 1 is 1.40 bits per heavy atom. The average molecular weight is 337 g/mol. The minimum Gasteiger partial charge on any atom is -0.496 e. The van der Waals surface area contributed by atoms with Gasteiger partial charge in [0, 0.05) is 12.2 Å². The summed E-state index contributed by atoms with van der Waals surface area (Å²) in [5.41, 5.74) is 6.78. The molecule has 0 amide bonds. The summed E-state index contributed by atoms with van der Waals surface area (Å²) in [7, 11) is 1.65. The van der Waals surface area contributed by atoms with E-state index in [0.717, 1.165) is 15.8 Å². The number of methoxy groups -OCH3 is 1. The monoisotopic (exact) mass is 336 g/mol. The van der Waals surface area contributed by atoms with Gasteiger partial charge >= 0.3 is 0 Å². The maximum Gasteiger partial charge on any atom is 0.144 e. The van der Waals surface area contributed by atoms with E-state index in [4.69, 9.17) is 10.5 Å². The molecule has 5 nitrogen and oxygen atoms in total. The lowest BCUT2D eigenvalue weighted by Gasteiger charge is -2.15. The SMILES string of the molecule is COc1ccc([C@H](C)NCc2nccc(N)n2)cc1Br. The van der Waals surface area contributed by atoms with E-state index in [1.165, 1.54) is 0 Å². The van der Waals surface area contributed by atoms with Gasteiger partial charge in [-0.3, -0.25) is 0 Å². The first-order valence-corrected chi connectivity index (χ1v) is 7.03. The lowest BCUT2D eigenvalue weighted by Crippen LogP contribution is -2.19. The van der Waals surface area contributed by atoms with Gasteiger partial charge in [0.25, 0.3) is 0 Å². The highest BCUT2D eigenvalue weighted by Crippen LogP contribution is 2.27. The fourth-order valence-corrected chi connectivity index (χ4v) is 2.37. The molecule has 0 spiro atoms. The zero-order valence-electron chi connectivity index (χ0n) is 11.4. The molecule has 0 unspecified atom stereocenters. The Kier molecular flexibility index (Phi) is 4.92. The van der Waals surface area contributed by atoms with E-state index in [-0.39, 0.29) is 6.04 Å². The molecule has 1 aromatic carbocycles. The maximum atomic E-state index is 5.63. The predicted octanol–water partition coefficient (Wildman–Crippen LogP) is 2.68. The van der Waals surface area contributed by atoms with Crippen LogP contribution in [0.5, 0.6) is 5.75 Å². The van der Waals surface area contributed by atoms with Crippen molar-refractivity contribution in [1.29, 1.82) is 0 Å². The third-order valence-corrected chi connectivity index (χ3v) is 3.59. The normalized spacial score (nSPS) is 12.2. The number of halogens is 1. The molecule has 20 heavy (non-hydrogen) atoms. The lowest BCUT2D eigenvalue weighted by atomic mass is 10.1. The molecule has 1 heterocycles. The van der Waals surface area contributed by atoms with Crippen LogP contribution in [0.25, 0.3) is 0 Å². The number of anilines is 1. The molecule has 6 heteroatoms. The highest BCUT2D eigenvalue weighted by molar-refractivity contribution is 9.10. The smallest absolute Gasteiger partial charge is 0.144 e. The van der Waals surface area contributed by atoms with Crippen molar-refractivity contribution in [2.45, 2.75) is 19.5 Å². The van der Waals surface area contributed by atoms with E-state index in [1.807, 2.05) is 18.2 Å². The first-order chi connectivity index (χ1) is 9.60. The highest BCUT2D eigenvalue weighted by Gasteiger charge is 2.09.